The maximum absolute atomic E-state index is 10.2. The highest BCUT2D eigenvalue weighted by Gasteiger charge is 2.19. The molecular formula is C18H25N3O2S. The fourth-order valence-electron chi connectivity index (χ4n) is 2.25. The number of nitrogen functional groups attached to an aromatic ring is 1. The lowest BCUT2D eigenvalue weighted by molar-refractivity contribution is 0.125. The van der Waals surface area contributed by atoms with Gasteiger partial charge in [-0.25, -0.2) is 9.97 Å². The minimum atomic E-state index is -0.617. The van der Waals surface area contributed by atoms with Gasteiger partial charge in [0.2, 0.25) is 0 Å². The van der Waals surface area contributed by atoms with Crippen LogP contribution in [0.25, 0.3) is 0 Å². The molecule has 24 heavy (non-hydrogen) atoms. The number of nitrogens with two attached hydrogens (primary N) is 1. The van der Waals surface area contributed by atoms with E-state index >= 15 is 0 Å². The molecule has 0 amide bonds. The van der Waals surface area contributed by atoms with Gasteiger partial charge >= 0.3 is 0 Å². The van der Waals surface area contributed by atoms with Crippen molar-refractivity contribution in [3.63, 3.8) is 0 Å². The highest BCUT2D eigenvalue weighted by Crippen LogP contribution is 2.31. The topological polar surface area (TPSA) is 81.3 Å². The SMILES string of the molecule is Cc1cc(N)nc(SCC(O)COc2ccccc2C(C)(C)C)n1. The Hall–Kier alpha value is -1.79. The Labute approximate surface area is 147 Å². The average molecular weight is 347 g/mol. The van der Waals surface area contributed by atoms with Crippen molar-refractivity contribution in [2.24, 2.45) is 0 Å². The predicted octanol–water partition coefficient (Wildman–Crippen LogP) is 3.20. The van der Waals surface area contributed by atoms with E-state index in [1.54, 1.807) is 6.07 Å². The quantitative estimate of drug-likeness (QED) is 0.617. The summed E-state index contributed by atoms with van der Waals surface area (Å²) in [5.74, 6) is 1.69. The Morgan fingerprint density at radius 1 is 1.25 bits per heavy atom. The van der Waals surface area contributed by atoms with Gasteiger partial charge in [0, 0.05) is 17.5 Å². The first-order valence-electron chi connectivity index (χ1n) is 7.90. The number of aliphatic hydroxyl groups is 1. The molecule has 0 radical (unpaired) electrons. The summed E-state index contributed by atoms with van der Waals surface area (Å²) in [6.07, 6.45) is -0.617. The van der Waals surface area contributed by atoms with E-state index in [0.29, 0.717) is 16.7 Å². The predicted molar refractivity (Wildman–Crippen MR) is 98.5 cm³/mol. The molecule has 130 valence electrons. The van der Waals surface area contributed by atoms with Crippen molar-refractivity contribution in [1.82, 2.24) is 9.97 Å². The first kappa shape index (κ1) is 18.5. The average Bonchev–Trinajstić information content (AvgIpc) is 2.49. The normalized spacial score (nSPS) is 12.9. The number of aryl methyl sites for hydroxylation is 1. The maximum atomic E-state index is 10.2. The molecule has 5 nitrogen and oxygen atoms in total. The summed E-state index contributed by atoms with van der Waals surface area (Å²) < 4.78 is 5.83. The summed E-state index contributed by atoms with van der Waals surface area (Å²) in [4.78, 5) is 8.44. The molecule has 0 aliphatic carbocycles. The van der Waals surface area contributed by atoms with Gasteiger partial charge in [0.1, 0.15) is 18.2 Å². The number of para-hydroxylation sites is 1. The third-order valence-corrected chi connectivity index (χ3v) is 4.38. The summed E-state index contributed by atoms with van der Waals surface area (Å²) in [5.41, 5.74) is 7.63. The van der Waals surface area contributed by atoms with E-state index in [9.17, 15) is 5.11 Å². The van der Waals surface area contributed by atoms with Crippen molar-refractivity contribution >= 4 is 17.6 Å². The highest BCUT2D eigenvalue weighted by molar-refractivity contribution is 7.99. The molecule has 0 saturated carbocycles. The summed E-state index contributed by atoms with van der Waals surface area (Å²) in [5, 5.41) is 10.7. The Morgan fingerprint density at radius 2 is 1.96 bits per heavy atom. The summed E-state index contributed by atoms with van der Waals surface area (Å²) in [6.45, 7) is 8.51. The van der Waals surface area contributed by atoms with E-state index in [-0.39, 0.29) is 12.0 Å². The second-order valence-electron chi connectivity index (χ2n) is 6.74. The third kappa shape index (κ3) is 5.39. The molecule has 0 fully saturated rings. The number of benzene rings is 1. The van der Waals surface area contributed by atoms with Crippen molar-refractivity contribution in [1.29, 1.82) is 0 Å². The van der Waals surface area contributed by atoms with Crippen molar-refractivity contribution in [3.05, 3.63) is 41.6 Å². The summed E-state index contributed by atoms with van der Waals surface area (Å²) in [6, 6.07) is 9.64. The number of anilines is 1. The lowest BCUT2D eigenvalue weighted by Crippen LogP contribution is -2.22. The van der Waals surface area contributed by atoms with Crippen LogP contribution in [-0.4, -0.2) is 33.5 Å². The van der Waals surface area contributed by atoms with Gasteiger partial charge in [-0.3, -0.25) is 0 Å². The summed E-state index contributed by atoms with van der Waals surface area (Å²) >= 11 is 1.37. The van der Waals surface area contributed by atoms with Crippen LogP contribution in [0, 0.1) is 6.92 Å². The van der Waals surface area contributed by atoms with Crippen molar-refractivity contribution in [2.75, 3.05) is 18.1 Å². The molecule has 3 N–H and O–H groups in total. The van der Waals surface area contributed by atoms with Gasteiger partial charge in [0.15, 0.2) is 5.16 Å². The van der Waals surface area contributed by atoms with E-state index < -0.39 is 6.10 Å². The lowest BCUT2D eigenvalue weighted by atomic mass is 9.86. The molecular weight excluding hydrogens is 322 g/mol. The minimum absolute atomic E-state index is 0.0107. The van der Waals surface area contributed by atoms with Crippen LogP contribution in [0.5, 0.6) is 5.75 Å². The van der Waals surface area contributed by atoms with Gasteiger partial charge in [-0.15, -0.1) is 0 Å². The van der Waals surface area contributed by atoms with Gasteiger partial charge in [-0.1, -0.05) is 50.7 Å². The van der Waals surface area contributed by atoms with Crippen LogP contribution in [0.1, 0.15) is 32.0 Å². The first-order chi connectivity index (χ1) is 11.3. The van der Waals surface area contributed by atoms with Crippen LogP contribution in [0.3, 0.4) is 0 Å². The van der Waals surface area contributed by atoms with Crippen LogP contribution >= 0.6 is 11.8 Å². The molecule has 6 heteroatoms. The smallest absolute Gasteiger partial charge is 0.189 e. The van der Waals surface area contributed by atoms with Gasteiger partial charge in [0.25, 0.3) is 0 Å². The standard InChI is InChI=1S/C18H25N3O2S/c1-12-9-16(19)21-17(20-12)24-11-13(22)10-23-15-8-6-5-7-14(15)18(2,3)4/h5-9,13,22H,10-11H2,1-4H3,(H2,19,20,21). The van der Waals surface area contributed by atoms with Gasteiger partial charge in [-0.2, -0.15) is 0 Å². The molecule has 0 aliphatic heterocycles. The van der Waals surface area contributed by atoms with E-state index in [2.05, 4.69) is 36.8 Å². The zero-order valence-corrected chi connectivity index (χ0v) is 15.4. The molecule has 0 spiro atoms. The number of aliphatic hydroxyl groups excluding tert-OH is 1. The second kappa shape index (κ2) is 7.85. The molecule has 0 bridgehead atoms. The number of aromatic nitrogens is 2. The van der Waals surface area contributed by atoms with Crippen LogP contribution in [0.15, 0.2) is 35.5 Å². The number of hydrogen-bond donors (Lipinski definition) is 2. The molecule has 1 atom stereocenters. The minimum Gasteiger partial charge on any atom is -0.491 e. The molecule has 0 saturated heterocycles. The van der Waals surface area contributed by atoms with Crippen LogP contribution in [0.2, 0.25) is 0 Å². The van der Waals surface area contributed by atoms with E-state index in [1.807, 2.05) is 25.1 Å². The van der Waals surface area contributed by atoms with Gasteiger partial charge < -0.3 is 15.6 Å². The molecule has 1 heterocycles. The number of hydrogen-bond acceptors (Lipinski definition) is 6. The van der Waals surface area contributed by atoms with E-state index in [1.165, 1.54) is 11.8 Å². The van der Waals surface area contributed by atoms with Crippen LogP contribution in [0.4, 0.5) is 5.82 Å². The largest absolute Gasteiger partial charge is 0.491 e. The fraction of sp³-hybridized carbons (Fsp3) is 0.444. The summed E-state index contributed by atoms with van der Waals surface area (Å²) in [7, 11) is 0. The molecule has 0 aliphatic rings. The zero-order valence-electron chi connectivity index (χ0n) is 14.6. The molecule has 1 aromatic carbocycles. The Balaban J connectivity index is 1.91. The maximum Gasteiger partial charge on any atom is 0.189 e. The second-order valence-corrected chi connectivity index (χ2v) is 7.73. The molecule has 2 aromatic rings. The lowest BCUT2D eigenvalue weighted by Gasteiger charge is -2.23. The number of ether oxygens (including phenoxy) is 1. The van der Waals surface area contributed by atoms with Gasteiger partial charge in [0.05, 0.1) is 6.10 Å². The monoisotopic (exact) mass is 347 g/mol. The Kier molecular flexibility index (Phi) is 6.07. The number of rotatable bonds is 6. The number of nitrogens with zero attached hydrogens (tertiary/aromatic N) is 2. The Morgan fingerprint density at radius 3 is 2.62 bits per heavy atom. The van der Waals surface area contributed by atoms with Crippen LogP contribution in [-0.2, 0) is 5.41 Å². The highest BCUT2D eigenvalue weighted by atomic mass is 32.2. The van der Waals surface area contributed by atoms with Crippen molar-refractivity contribution in [3.8, 4) is 5.75 Å². The van der Waals surface area contributed by atoms with Crippen molar-refractivity contribution in [2.45, 2.75) is 44.4 Å². The number of thioether (sulfide) groups is 1. The van der Waals surface area contributed by atoms with Crippen LogP contribution < -0.4 is 10.5 Å². The fourth-order valence-corrected chi connectivity index (χ4v) is 3.06. The van der Waals surface area contributed by atoms with E-state index in [4.69, 9.17) is 10.5 Å². The van der Waals surface area contributed by atoms with Crippen molar-refractivity contribution < 1.29 is 9.84 Å². The molecule has 2 rings (SSSR count). The first-order valence-corrected chi connectivity index (χ1v) is 8.88. The van der Waals surface area contributed by atoms with E-state index in [0.717, 1.165) is 17.0 Å². The van der Waals surface area contributed by atoms with Gasteiger partial charge in [-0.05, 0) is 24.0 Å². The Bertz CT molecular complexity index is 666. The zero-order chi connectivity index (χ0) is 17.7. The molecule has 1 aromatic heterocycles. The third-order valence-electron chi connectivity index (χ3n) is 3.38. The molecule has 1 unspecified atom stereocenters.